The largest absolute Gasteiger partial charge is 0.333 e. The molecule has 1 aromatic carbocycles. The summed E-state index contributed by atoms with van der Waals surface area (Å²) in [6.45, 7) is 2.23. The minimum atomic E-state index is -3.40. The molecule has 0 unspecified atom stereocenters. The smallest absolute Gasteiger partial charge is 0.279 e. The Kier molecular flexibility index (Phi) is 5.09. The van der Waals surface area contributed by atoms with Gasteiger partial charge in [0.2, 0.25) is 0 Å². The molecule has 7 heteroatoms. The average Bonchev–Trinajstić information content (AvgIpc) is 3.08. The van der Waals surface area contributed by atoms with Crippen LogP contribution in [0.2, 0.25) is 0 Å². The first-order valence-corrected chi connectivity index (χ1v) is 9.36. The van der Waals surface area contributed by atoms with Gasteiger partial charge in [-0.25, -0.2) is 4.98 Å². The molecule has 0 saturated carbocycles. The van der Waals surface area contributed by atoms with Crippen LogP contribution >= 0.6 is 0 Å². The van der Waals surface area contributed by atoms with Crippen molar-refractivity contribution < 1.29 is 8.42 Å². The molecule has 0 bridgehead atoms. The van der Waals surface area contributed by atoms with Crippen LogP contribution in [0.5, 0.6) is 0 Å². The van der Waals surface area contributed by atoms with Crippen molar-refractivity contribution in [1.82, 2.24) is 18.6 Å². The van der Waals surface area contributed by atoms with Gasteiger partial charge in [0.1, 0.15) is 0 Å². The van der Waals surface area contributed by atoms with Crippen molar-refractivity contribution in [3.8, 4) is 0 Å². The first-order chi connectivity index (χ1) is 11.1. The number of hydrogen-bond donors (Lipinski definition) is 1. The lowest BCUT2D eigenvalue weighted by Crippen LogP contribution is -2.43. The monoisotopic (exact) mass is 334 g/mol. The molecule has 0 amide bonds. The lowest BCUT2D eigenvalue weighted by Gasteiger charge is -2.26. The summed E-state index contributed by atoms with van der Waals surface area (Å²) in [5, 5.41) is 0. The van der Waals surface area contributed by atoms with Crippen LogP contribution in [0.25, 0.3) is 0 Å². The molecular formula is C16H22N4O2S. The summed E-state index contributed by atoms with van der Waals surface area (Å²) in [5.41, 5.74) is 2.08. The maximum Gasteiger partial charge on any atom is 0.279 e. The molecule has 2 heterocycles. The van der Waals surface area contributed by atoms with Gasteiger partial charge in [-0.15, -0.1) is 0 Å². The number of nitrogens with zero attached hydrogens (tertiary/aromatic N) is 3. The number of rotatable bonds is 6. The van der Waals surface area contributed by atoms with E-state index in [1.54, 1.807) is 16.8 Å². The second-order valence-corrected chi connectivity index (χ2v) is 7.54. The van der Waals surface area contributed by atoms with Crippen LogP contribution in [-0.4, -0.2) is 35.4 Å². The van der Waals surface area contributed by atoms with Crippen LogP contribution in [0.3, 0.4) is 0 Å². The van der Waals surface area contributed by atoms with E-state index in [-0.39, 0.29) is 0 Å². The van der Waals surface area contributed by atoms with Gasteiger partial charge in [-0.1, -0.05) is 30.7 Å². The van der Waals surface area contributed by atoms with Gasteiger partial charge in [0, 0.05) is 38.6 Å². The second-order valence-electron chi connectivity index (χ2n) is 5.79. The second kappa shape index (κ2) is 7.25. The van der Waals surface area contributed by atoms with Crippen molar-refractivity contribution in [2.24, 2.45) is 0 Å². The fraction of sp³-hybridized carbons (Fsp3) is 0.438. The molecule has 1 aliphatic rings. The number of aromatic nitrogens is 2. The maximum atomic E-state index is 12.4. The van der Waals surface area contributed by atoms with Gasteiger partial charge in [0.15, 0.2) is 0 Å². The molecule has 1 aromatic heterocycles. The normalized spacial score (nSPS) is 16.5. The van der Waals surface area contributed by atoms with Crippen LogP contribution in [0.1, 0.15) is 30.4 Å². The molecule has 1 fully saturated rings. The van der Waals surface area contributed by atoms with E-state index < -0.39 is 10.2 Å². The zero-order chi connectivity index (χ0) is 16.1. The summed E-state index contributed by atoms with van der Waals surface area (Å²) in [5.74, 6) is 0. The minimum Gasteiger partial charge on any atom is -0.333 e. The number of imidazole rings is 1. The first-order valence-electron chi connectivity index (χ1n) is 7.92. The Balaban J connectivity index is 1.68. The molecule has 1 aliphatic heterocycles. The van der Waals surface area contributed by atoms with Gasteiger partial charge in [-0.3, -0.25) is 0 Å². The third kappa shape index (κ3) is 4.19. The fourth-order valence-corrected chi connectivity index (χ4v) is 4.09. The zero-order valence-corrected chi connectivity index (χ0v) is 13.9. The molecule has 0 spiro atoms. The Hall–Kier alpha value is -1.70. The molecule has 1 saturated heterocycles. The van der Waals surface area contributed by atoms with Crippen molar-refractivity contribution in [2.75, 3.05) is 13.1 Å². The summed E-state index contributed by atoms with van der Waals surface area (Å²) in [7, 11) is -3.40. The molecule has 2 aromatic rings. The highest BCUT2D eigenvalue weighted by molar-refractivity contribution is 7.87. The highest BCUT2D eigenvalue weighted by atomic mass is 32.2. The SMILES string of the molecule is O=S(=O)(NCc1ccccc1Cn1ccnc1)N1CCCCC1. The molecule has 124 valence electrons. The third-order valence-electron chi connectivity index (χ3n) is 4.13. The van der Waals surface area contributed by atoms with E-state index in [0.29, 0.717) is 26.2 Å². The zero-order valence-electron chi connectivity index (χ0n) is 13.1. The van der Waals surface area contributed by atoms with E-state index in [1.807, 2.05) is 35.0 Å². The van der Waals surface area contributed by atoms with Crippen molar-refractivity contribution in [1.29, 1.82) is 0 Å². The van der Waals surface area contributed by atoms with Crippen molar-refractivity contribution in [2.45, 2.75) is 32.4 Å². The Morgan fingerprint density at radius 3 is 2.52 bits per heavy atom. The van der Waals surface area contributed by atoms with Gasteiger partial charge in [-0.05, 0) is 24.0 Å². The Bertz CT molecular complexity index is 722. The van der Waals surface area contributed by atoms with E-state index in [9.17, 15) is 8.42 Å². The summed E-state index contributed by atoms with van der Waals surface area (Å²) in [6, 6.07) is 7.88. The summed E-state index contributed by atoms with van der Waals surface area (Å²) < 4.78 is 31.0. The van der Waals surface area contributed by atoms with Crippen LogP contribution in [0.4, 0.5) is 0 Å². The molecular weight excluding hydrogens is 312 g/mol. The van der Waals surface area contributed by atoms with E-state index in [0.717, 1.165) is 30.4 Å². The molecule has 23 heavy (non-hydrogen) atoms. The summed E-state index contributed by atoms with van der Waals surface area (Å²) in [4.78, 5) is 4.04. The maximum absolute atomic E-state index is 12.4. The number of piperidine rings is 1. The highest BCUT2D eigenvalue weighted by Gasteiger charge is 2.23. The molecule has 1 N–H and O–H groups in total. The predicted octanol–water partition coefficient (Wildman–Crippen LogP) is 1.75. The van der Waals surface area contributed by atoms with Crippen LogP contribution in [-0.2, 0) is 23.3 Å². The van der Waals surface area contributed by atoms with Crippen LogP contribution in [0, 0.1) is 0 Å². The van der Waals surface area contributed by atoms with E-state index in [1.165, 1.54) is 0 Å². The summed E-state index contributed by atoms with van der Waals surface area (Å²) in [6.07, 6.45) is 8.39. The quantitative estimate of drug-likeness (QED) is 0.875. The number of hydrogen-bond acceptors (Lipinski definition) is 3. The average molecular weight is 334 g/mol. The van der Waals surface area contributed by atoms with E-state index >= 15 is 0 Å². The van der Waals surface area contributed by atoms with E-state index in [2.05, 4.69) is 9.71 Å². The highest BCUT2D eigenvalue weighted by Crippen LogP contribution is 2.14. The van der Waals surface area contributed by atoms with Gasteiger partial charge < -0.3 is 4.57 Å². The molecule has 6 nitrogen and oxygen atoms in total. The van der Waals surface area contributed by atoms with Gasteiger partial charge >= 0.3 is 0 Å². The standard InChI is InChI=1S/C16H22N4O2S/c21-23(22,20-9-4-1-5-10-20)18-12-15-6-2-3-7-16(15)13-19-11-8-17-14-19/h2-3,6-8,11,14,18H,1,4-5,9-10,12-13H2. The molecule has 0 radical (unpaired) electrons. The van der Waals surface area contributed by atoms with E-state index in [4.69, 9.17) is 0 Å². The Morgan fingerprint density at radius 2 is 1.83 bits per heavy atom. The summed E-state index contributed by atoms with van der Waals surface area (Å²) >= 11 is 0. The topological polar surface area (TPSA) is 67.2 Å². The fourth-order valence-electron chi connectivity index (χ4n) is 2.83. The van der Waals surface area contributed by atoms with Gasteiger partial charge in [-0.2, -0.15) is 17.4 Å². The van der Waals surface area contributed by atoms with Crippen LogP contribution in [0.15, 0.2) is 43.0 Å². The predicted molar refractivity (Wildman–Crippen MR) is 89.0 cm³/mol. The van der Waals surface area contributed by atoms with Crippen molar-refractivity contribution in [3.05, 3.63) is 54.1 Å². The first kappa shape index (κ1) is 16.2. The molecule has 3 rings (SSSR count). The van der Waals surface area contributed by atoms with Crippen molar-refractivity contribution in [3.63, 3.8) is 0 Å². The molecule has 0 aliphatic carbocycles. The number of benzene rings is 1. The Labute approximate surface area is 137 Å². The number of nitrogens with one attached hydrogen (secondary N) is 1. The van der Waals surface area contributed by atoms with Crippen LogP contribution < -0.4 is 4.72 Å². The lowest BCUT2D eigenvalue weighted by atomic mass is 10.1. The van der Waals surface area contributed by atoms with Gasteiger partial charge in [0.05, 0.1) is 6.33 Å². The van der Waals surface area contributed by atoms with Crippen molar-refractivity contribution >= 4 is 10.2 Å². The minimum absolute atomic E-state index is 0.309. The molecule has 0 atom stereocenters. The Morgan fingerprint density at radius 1 is 1.09 bits per heavy atom. The van der Waals surface area contributed by atoms with Gasteiger partial charge in [0.25, 0.3) is 10.2 Å². The lowest BCUT2D eigenvalue weighted by molar-refractivity contribution is 0.341. The third-order valence-corrected chi connectivity index (χ3v) is 5.68.